The Morgan fingerprint density at radius 2 is 1.83 bits per heavy atom. The van der Waals surface area contributed by atoms with Crippen molar-refractivity contribution in [2.45, 2.75) is 38.4 Å². The largest absolute Gasteiger partial charge is 0.497 e. The van der Waals surface area contributed by atoms with Crippen molar-refractivity contribution in [3.63, 3.8) is 0 Å². The van der Waals surface area contributed by atoms with Gasteiger partial charge in [-0.05, 0) is 55.5 Å². The van der Waals surface area contributed by atoms with E-state index in [1.54, 1.807) is 37.2 Å². The van der Waals surface area contributed by atoms with E-state index < -0.39 is 6.29 Å². The Morgan fingerprint density at radius 3 is 2.53 bits per heavy atom. The summed E-state index contributed by atoms with van der Waals surface area (Å²) in [5.74, 6) is 1.21. The molecule has 0 fully saturated rings. The first-order valence-electron chi connectivity index (χ1n) is 10.2. The topological polar surface area (TPSA) is 74.6 Å². The van der Waals surface area contributed by atoms with Crippen molar-refractivity contribution in [3.05, 3.63) is 45.1 Å². The summed E-state index contributed by atoms with van der Waals surface area (Å²) in [6.07, 6.45) is 5.01. The Bertz CT molecular complexity index is 1070. The fourth-order valence-corrected chi connectivity index (χ4v) is 5.16. The number of methoxy groups -OCH3 is 3. The van der Waals surface area contributed by atoms with Gasteiger partial charge in [0.25, 0.3) is 5.56 Å². The predicted octanol–water partition coefficient (Wildman–Crippen LogP) is 3.76. The van der Waals surface area contributed by atoms with Gasteiger partial charge in [0.05, 0.1) is 24.7 Å². The lowest BCUT2D eigenvalue weighted by Crippen LogP contribution is -2.29. The summed E-state index contributed by atoms with van der Waals surface area (Å²) in [6, 6.07) is 7.43. The molecule has 8 heteroatoms. The quantitative estimate of drug-likeness (QED) is 0.455. The monoisotopic (exact) mass is 429 g/mol. The average Bonchev–Trinajstić information content (AvgIpc) is 2.96. The van der Waals surface area contributed by atoms with Crippen molar-refractivity contribution in [2.75, 3.05) is 33.2 Å². The van der Waals surface area contributed by atoms with Crippen LogP contribution < -0.4 is 15.6 Å². The smallest absolute Gasteiger partial charge is 0.268 e. The van der Waals surface area contributed by atoms with Gasteiger partial charge in [0, 0.05) is 19.1 Å². The highest BCUT2D eigenvalue weighted by molar-refractivity contribution is 7.18. The lowest BCUT2D eigenvalue weighted by molar-refractivity contribution is -0.0915. The molecule has 7 nitrogen and oxygen atoms in total. The third-order valence-electron chi connectivity index (χ3n) is 5.52. The highest BCUT2D eigenvalue weighted by atomic mass is 32.1. The molecule has 0 amide bonds. The van der Waals surface area contributed by atoms with E-state index >= 15 is 0 Å². The molecule has 1 aliphatic carbocycles. The standard InChI is InChI=1S/C22H27N3O4S/c1-27-15-11-9-14(10-12-15)25-21(26)19-16-7-5-4-6-8-17(16)30-20(19)24-22(25)23-13-18(28-2)29-3/h9-12,18H,4-8,13H2,1-3H3,(H,23,24). The molecule has 2 aromatic heterocycles. The summed E-state index contributed by atoms with van der Waals surface area (Å²) in [4.78, 5) is 20.7. The number of thiophene rings is 1. The van der Waals surface area contributed by atoms with Crippen LogP contribution in [0.5, 0.6) is 5.75 Å². The van der Waals surface area contributed by atoms with Gasteiger partial charge in [0.15, 0.2) is 6.29 Å². The third-order valence-corrected chi connectivity index (χ3v) is 6.71. The zero-order valence-corrected chi connectivity index (χ0v) is 18.4. The summed E-state index contributed by atoms with van der Waals surface area (Å²) >= 11 is 1.65. The molecular weight excluding hydrogens is 402 g/mol. The molecule has 0 aliphatic heterocycles. The number of anilines is 1. The number of rotatable bonds is 7. The van der Waals surface area contributed by atoms with Crippen LogP contribution in [0.15, 0.2) is 29.1 Å². The number of hydrogen-bond acceptors (Lipinski definition) is 7. The molecule has 2 heterocycles. The lowest BCUT2D eigenvalue weighted by Gasteiger charge is -2.18. The van der Waals surface area contributed by atoms with Gasteiger partial charge in [0.2, 0.25) is 5.95 Å². The van der Waals surface area contributed by atoms with Gasteiger partial charge in [-0.25, -0.2) is 9.55 Å². The number of ether oxygens (including phenoxy) is 3. The van der Waals surface area contributed by atoms with E-state index in [2.05, 4.69) is 5.32 Å². The second kappa shape index (κ2) is 9.16. The van der Waals surface area contributed by atoms with Crippen molar-refractivity contribution < 1.29 is 14.2 Å². The molecule has 0 bridgehead atoms. The number of hydrogen-bond donors (Lipinski definition) is 1. The molecule has 0 spiro atoms. The first-order valence-corrected chi connectivity index (χ1v) is 11.0. The van der Waals surface area contributed by atoms with Crippen LogP contribution >= 0.6 is 11.3 Å². The van der Waals surface area contributed by atoms with Crippen molar-refractivity contribution in [3.8, 4) is 11.4 Å². The second-order valence-corrected chi connectivity index (χ2v) is 8.38. The number of benzene rings is 1. The molecule has 160 valence electrons. The van der Waals surface area contributed by atoms with Crippen LogP contribution in [-0.4, -0.2) is 43.7 Å². The molecule has 4 rings (SSSR count). The molecule has 1 aromatic carbocycles. The van der Waals surface area contributed by atoms with Crippen LogP contribution in [0.1, 0.15) is 29.7 Å². The molecular formula is C22H27N3O4S. The Balaban J connectivity index is 1.87. The van der Waals surface area contributed by atoms with Gasteiger partial charge in [-0.15, -0.1) is 11.3 Å². The highest BCUT2D eigenvalue weighted by Gasteiger charge is 2.22. The first-order chi connectivity index (χ1) is 14.7. The van der Waals surface area contributed by atoms with Crippen molar-refractivity contribution in [1.82, 2.24) is 9.55 Å². The highest BCUT2D eigenvalue weighted by Crippen LogP contribution is 2.34. The number of aryl methyl sites for hydroxylation is 2. The maximum atomic E-state index is 13.7. The van der Waals surface area contributed by atoms with Crippen molar-refractivity contribution in [2.24, 2.45) is 0 Å². The Labute approximate surface area is 179 Å². The van der Waals surface area contributed by atoms with E-state index in [1.165, 1.54) is 23.3 Å². The normalized spacial score (nSPS) is 14.0. The maximum Gasteiger partial charge on any atom is 0.268 e. The van der Waals surface area contributed by atoms with Gasteiger partial charge >= 0.3 is 0 Å². The Morgan fingerprint density at radius 1 is 1.10 bits per heavy atom. The van der Waals surface area contributed by atoms with Crippen molar-refractivity contribution in [1.29, 1.82) is 0 Å². The van der Waals surface area contributed by atoms with Crippen LogP contribution in [0.25, 0.3) is 15.9 Å². The van der Waals surface area contributed by atoms with Crippen LogP contribution in [0.2, 0.25) is 0 Å². The van der Waals surface area contributed by atoms with E-state index in [-0.39, 0.29) is 5.56 Å². The minimum absolute atomic E-state index is 0.0431. The van der Waals surface area contributed by atoms with Crippen LogP contribution in [0.4, 0.5) is 5.95 Å². The van der Waals surface area contributed by atoms with Crippen LogP contribution in [-0.2, 0) is 22.3 Å². The van der Waals surface area contributed by atoms with E-state index in [1.807, 2.05) is 24.3 Å². The summed E-state index contributed by atoms with van der Waals surface area (Å²) in [6.45, 7) is 0.367. The third kappa shape index (κ3) is 3.95. The predicted molar refractivity (Wildman–Crippen MR) is 119 cm³/mol. The Hall–Kier alpha value is -2.42. The van der Waals surface area contributed by atoms with Gasteiger partial charge in [-0.3, -0.25) is 4.79 Å². The fourth-order valence-electron chi connectivity index (χ4n) is 3.91. The lowest BCUT2D eigenvalue weighted by atomic mass is 10.1. The van der Waals surface area contributed by atoms with Crippen LogP contribution in [0.3, 0.4) is 0 Å². The molecule has 3 aromatic rings. The number of fused-ring (bicyclic) bond motifs is 3. The summed E-state index contributed by atoms with van der Waals surface area (Å²) in [5.41, 5.74) is 1.88. The number of nitrogens with zero attached hydrogens (tertiary/aromatic N) is 2. The zero-order chi connectivity index (χ0) is 21.1. The summed E-state index contributed by atoms with van der Waals surface area (Å²) in [7, 11) is 4.79. The molecule has 0 unspecified atom stereocenters. The minimum atomic E-state index is -0.443. The van der Waals surface area contributed by atoms with Gasteiger partial charge in [0.1, 0.15) is 10.6 Å². The molecule has 0 saturated heterocycles. The number of nitrogens with one attached hydrogen (secondary N) is 1. The van der Waals surface area contributed by atoms with E-state index in [4.69, 9.17) is 19.2 Å². The van der Waals surface area contributed by atoms with Crippen molar-refractivity contribution >= 4 is 27.5 Å². The van der Waals surface area contributed by atoms with Gasteiger partial charge < -0.3 is 19.5 Å². The molecule has 1 aliphatic rings. The van der Waals surface area contributed by atoms with Crippen LogP contribution in [0, 0.1) is 0 Å². The molecule has 30 heavy (non-hydrogen) atoms. The first kappa shape index (κ1) is 20.8. The summed E-state index contributed by atoms with van der Waals surface area (Å²) < 4.78 is 17.5. The SMILES string of the molecule is COc1ccc(-n2c(NCC(OC)OC)nc3sc4c(c3c2=O)CCCCC4)cc1. The summed E-state index contributed by atoms with van der Waals surface area (Å²) in [5, 5.41) is 4.00. The fraction of sp³-hybridized carbons (Fsp3) is 0.455. The van der Waals surface area contributed by atoms with Gasteiger partial charge in [-0.1, -0.05) is 6.42 Å². The minimum Gasteiger partial charge on any atom is -0.497 e. The molecule has 0 saturated carbocycles. The zero-order valence-electron chi connectivity index (χ0n) is 17.6. The average molecular weight is 430 g/mol. The Kier molecular flexibility index (Phi) is 6.36. The van der Waals surface area contributed by atoms with E-state index in [0.29, 0.717) is 12.5 Å². The molecule has 0 atom stereocenters. The number of aromatic nitrogens is 2. The van der Waals surface area contributed by atoms with E-state index in [0.717, 1.165) is 40.9 Å². The van der Waals surface area contributed by atoms with Gasteiger partial charge in [-0.2, -0.15) is 0 Å². The van der Waals surface area contributed by atoms with E-state index in [9.17, 15) is 4.79 Å². The molecule has 0 radical (unpaired) electrons. The maximum absolute atomic E-state index is 13.7. The second-order valence-electron chi connectivity index (χ2n) is 7.30. The molecule has 1 N–H and O–H groups in total.